The third kappa shape index (κ3) is 5.05. The van der Waals surface area contributed by atoms with Crippen LogP contribution in [0.3, 0.4) is 0 Å². The van der Waals surface area contributed by atoms with Crippen LogP contribution in [0.1, 0.15) is 29.3 Å². The standard InChI is InChI=1S/C22H29N5O4/c1-15-12-20(25-31-15)24-22(29)21(28)23-14-19(27-8-10-30-11-9-27)17-5-6-18-16(13-17)4-3-7-26(18)2/h5-6,12-13,19H,3-4,7-11,14H2,1-2H3,(H,23,28)(H,24,25,29). The first-order chi connectivity index (χ1) is 15.0. The molecule has 31 heavy (non-hydrogen) atoms. The van der Waals surface area contributed by atoms with E-state index in [1.807, 2.05) is 0 Å². The number of anilines is 2. The van der Waals surface area contributed by atoms with Crippen LogP contribution in [0.2, 0.25) is 0 Å². The fraction of sp³-hybridized carbons (Fsp3) is 0.500. The van der Waals surface area contributed by atoms with Crippen molar-refractivity contribution < 1.29 is 18.8 Å². The number of hydrogen-bond donors (Lipinski definition) is 2. The van der Waals surface area contributed by atoms with Gasteiger partial charge in [0.25, 0.3) is 0 Å². The molecule has 2 N–H and O–H groups in total. The molecule has 4 rings (SSSR count). The minimum atomic E-state index is -0.763. The molecular weight excluding hydrogens is 398 g/mol. The van der Waals surface area contributed by atoms with Gasteiger partial charge in [-0.05, 0) is 37.0 Å². The van der Waals surface area contributed by atoms with Crippen LogP contribution in [0.5, 0.6) is 0 Å². The molecule has 2 amide bonds. The largest absolute Gasteiger partial charge is 0.379 e. The second-order valence-corrected chi connectivity index (χ2v) is 8.06. The van der Waals surface area contributed by atoms with E-state index >= 15 is 0 Å². The third-order valence-corrected chi connectivity index (χ3v) is 5.86. The summed E-state index contributed by atoms with van der Waals surface area (Å²) < 4.78 is 10.4. The molecule has 0 saturated carbocycles. The molecule has 2 aliphatic rings. The average molecular weight is 428 g/mol. The lowest BCUT2D eigenvalue weighted by molar-refractivity contribution is -0.136. The van der Waals surface area contributed by atoms with Crippen molar-refractivity contribution in [2.45, 2.75) is 25.8 Å². The van der Waals surface area contributed by atoms with E-state index in [-0.39, 0.29) is 11.9 Å². The summed E-state index contributed by atoms with van der Waals surface area (Å²) in [7, 11) is 2.12. The molecule has 1 atom stereocenters. The van der Waals surface area contributed by atoms with E-state index in [2.05, 4.69) is 50.8 Å². The van der Waals surface area contributed by atoms with Gasteiger partial charge in [-0.1, -0.05) is 17.3 Å². The number of aryl methyl sites for hydroxylation is 2. The van der Waals surface area contributed by atoms with Crippen LogP contribution >= 0.6 is 0 Å². The van der Waals surface area contributed by atoms with Gasteiger partial charge in [0.15, 0.2) is 5.82 Å². The Kier molecular flexibility index (Phi) is 6.53. The summed E-state index contributed by atoms with van der Waals surface area (Å²) in [4.78, 5) is 29.2. The highest BCUT2D eigenvalue weighted by Crippen LogP contribution is 2.30. The average Bonchev–Trinajstić information content (AvgIpc) is 3.19. The zero-order chi connectivity index (χ0) is 21.8. The summed E-state index contributed by atoms with van der Waals surface area (Å²) in [5, 5.41) is 8.94. The zero-order valence-electron chi connectivity index (χ0n) is 18.0. The molecule has 9 nitrogen and oxygen atoms in total. The van der Waals surface area contributed by atoms with E-state index in [0.29, 0.717) is 25.5 Å². The van der Waals surface area contributed by atoms with Crippen LogP contribution in [0.15, 0.2) is 28.8 Å². The molecule has 0 radical (unpaired) electrons. The number of carbonyl (C=O) groups excluding carboxylic acids is 2. The van der Waals surface area contributed by atoms with Gasteiger partial charge >= 0.3 is 11.8 Å². The van der Waals surface area contributed by atoms with Crippen LogP contribution < -0.4 is 15.5 Å². The van der Waals surface area contributed by atoms with Gasteiger partial charge in [0, 0.05) is 45.0 Å². The van der Waals surface area contributed by atoms with Gasteiger partial charge in [0.1, 0.15) is 5.76 Å². The van der Waals surface area contributed by atoms with Crippen LogP contribution in [0.25, 0.3) is 0 Å². The van der Waals surface area contributed by atoms with Crippen LogP contribution in [0.4, 0.5) is 11.5 Å². The highest BCUT2D eigenvalue weighted by molar-refractivity contribution is 6.39. The number of rotatable bonds is 5. The Bertz CT molecular complexity index is 938. The molecule has 3 heterocycles. The molecule has 1 aromatic carbocycles. The number of ether oxygens (including phenoxy) is 1. The number of benzene rings is 1. The summed E-state index contributed by atoms with van der Waals surface area (Å²) in [5.74, 6) is -0.681. The molecule has 1 unspecified atom stereocenters. The number of nitrogens with one attached hydrogen (secondary N) is 2. The lowest BCUT2D eigenvalue weighted by Crippen LogP contribution is -2.45. The van der Waals surface area contributed by atoms with Crippen LogP contribution in [-0.4, -0.2) is 68.3 Å². The summed E-state index contributed by atoms with van der Waals surface area (Å²) >= 11 is 0. The van der Waals surface area contributed by atoms with E-state index in [1.165, 1.54) is 11.3 Å². The van der Waals surface area contributed by atoms with Gasteiger partial charge < -0.3 is 19.5 Å². The Morgan fingerprint density at radius 3 is 2.71 bits per heavy atom. The van der Waals surface area contributed by atoms with E-state index < -0.39 is 11.8 Å². The van der Waals surface area contributed by atoms with Gasteiger partial charge in [0.05, 0.1) is 19.3 Å². The van der Waals surface area contributed by atoms with Gasteiger partial charge in [0.2, 0.25) is 0 Å². The normalized spacial score (nSPS) is 17.7. The highest BCUT2D eigenvalue weighted by atomic mass is 16.5. The number of amides is 2. The van der Waals surface area contributed by atoms with Crippen LogP contribution in [0, 0.1) is 6.92 Å². The number of hydrogen-bond acceptors (Lipinski definition) is 7. The second-order valence-electron chi connectivity index (χ2n) is 8.06. The van der Waals surface area contributed by atoms with E-state index in [4.69, 9.17) is 9.26 Å². The Morgan fingerprint density at radius 2 is 1.97 bits per heavy atom. The Balaban J connectivity index is 1.46. The number of aromatic nitrogens is 1. The maximum absolute atomic E-state index is 12.4. The first kappa shape index (κ1) is 21.3. The lowest BCUT2D eigenvalue weighted by Gasteiger charge is -2.36. The van der Waals surface area contributed by atoms with Gasteiger partial charge in [-0.25, -0.2) is 0 Å². The van der Waals surface area contributed by atoms with Crippen molar-refractivity contribution >= 4 is 23.3 Å². The van der Waals surface area contributed by atoms with Gasteiger partial charge in [-0.3, -0.25) is 19.8 Å². The van der Waals surface area contributed by atoms with Gasteiger partial charge in [-0.15, -0.1) is 0 Å². The number of nitrogens with zero attached hydrogens (tertiary/aromatic N) is 3. The SMILES string of the molecule is Cc1cc(NC(=O)C(=O)NCC(c2ccc3c(c2)CCCN3C)N2CCOCC2)no1. The summed E-state index contributed by atoms with van der Waals surface area (Å²) in [6.45, 7) is 5.98. The quantitative estimate of drug-likeness (QED) is 0.698. The van der Waals surface area contributed by atoms with Crippen molar-refractivity contribution in [2.75, 3.05) is 56.7 Å². The number of morpholine rings is 1. The molecule has 0 bridgehead atoms. The summed E-state index contributed by atoms with van der Waals surface area (Å²) in [6, 6.07) is 8.07. The minimum absolute atomic E-state index is 0.0347. The van der Waals surface area contributed by atoms with E-state index in [1.54, 1.807) is 13.0 Å². The minimum Gasteiger partial charge on any atom is -0.379 e. The first-order valence-electron chi connectivity index (χ1n) is 10.7. The second kappa shape index (κ2) is 9.49. The van der Waals surface area contributed by atoms with Crippen molar-refractivity contribution in [3.8, 4) is 0 Å². The maximum Gasteiger partial charge on any atom is 0.314 e. The lowest BCUT2D eigenvalue weighted by atomic mass is 9.95. The maximum atomic E-state index is 12.4. The molecule has 1 fully saturated rings. The fourth-order valence-corrected chi connectivity index (χ4v) is 4.23. The summed E-state index contributed by atoms with van der Waals surface area (Å²) in [5.41, 5.74) is 3.74. The smallest absolute Gasteiger partial charge is 0.314 e. The predicted molar refractivity (Wildman–Crippen MR) is 116 cm³/mol. The molecular formula is C22H29N5O4. The van der Waals surface area contributed by atoms with Crippen molar-refractivity contribution in [1.29, 1.82) is 0 Å². The zero-order valence-corrected chi connectivity index (χ0v) is 18.0. The van der Waals surface area contributed by atoms with Gasteiger partial charge in [-0.2, -0.15) is 0 Å². The molecule has 1 saturated heterocycles. The van der Waals surface area contributed by atoms with E-state index in [9.17, 15) is 9.59 Å². The Hall–Kier alpha value is -2.91. The molecule has 166 valence electrons. The van der Waals surface area contributed by atoms with Crippen molar-refractivity contribution in [3.05, 3.63) is 41.2 Å². The number of fused-ring (bicyclic) bond motifs is 1. The highest BCUT2D eigenvalue weighted by Gasteiger charge is 2.26. The molecule has 2 aromatic rings. The number of carbonyl (C=O) groups is 2. The Labute approximate surface area is 181 Å². The fourth-order valence-electron chi connectivity index (χ4n) is 4.23. The van der Waals surface area contributed by atoms with Crippen LogP contribution in [-0.2, 0) is 20.7 Å². The third-order valence-electron chi connectivity index (χ3n) is 5.86. The van der Waals surface area contributed by atoms with Crippen molar-refractivity contribution in [1.82, 2.24) is 15.4 Å². The first-order valence-corrected chi connectivity index (χ1v) is 10.7. The molecule has 9 heteroatoms. The molecule has 0 aliphatic carbocycles. The Morgan fingerprint density at radius 1 is 1.16 bits per heavy atom. The topological polar surface area (TPSA) is 99.9 Å². The molecule has 0 spiro atoms. The molecule has 2 aliphatic heterocycles. The summed E-state index contributed by atoms with van der Waals surface area (Å²) in [6.07, 6.45) is 2.18. The molecule has 1 aromatic heterocycles. The predicted octanol–water partition coefficient (Wildman–Crippen LogP) is 1.49. The van der Waals surface area contributed by atoms with Crippen molar-refractivity contribution in [2.24, 2.45) is 0 Å². The van der Waals surface area contributed by atoms with E-state index in [0.717, 1.165) is 38.0 Å². The monoisotopic (exact) mass is 427 g/mol. The van der Waals surface area contributed by atoms with Crippen molar-refractivity contribution in [3.63, 3.8) is 0 Å².